The van der Waals surface area contributed by atoms with E-state index < -0.39 is 0 Å². The summed E-state index contributed by atoms with van der Waals surface area (Å²) in [6.45, 7) is 0. The van der Waals surface area contributed by atoms with E-state index in [9.17, 15) is 5.26 Å². The van der Waals surface area contributed by atoms with E-state index >= 15 is 0 Å². The van der Waals surface area contributed by atoms with Gasteiger partial charge in [-0.3, -0.25) is 0 Å². The van der Waals surface area contributed by atoms with Crippen LogP contribution in [0.15, 0.2) is 48.5 Å². The third-order valence-corrected chi connectivity index (χ3v) is 4.93. The van der Waals surface area contributed by atoms with Gasteiger partial charge in [-0.2, -0.15) is 5.26 Å². The number of halogens is 4. The maximum absolute atomic E-state index is 9.45. The molecule has 0 unspecified atom stereocenters. The molecule has 0 fully saturated rings. The quantitative estimate of drug-likeness (QED) is 0.474. The summed E-state index contributed by atoms with van der Waals surface area (Å²) in [5.41, 5.74) is 3.15. The minimum absolute atomic E-state index is 0.289. The van der Waals surface area contributed by atoms with Crippen molar-refractivity contribution in [3.05, 3.63) is 74.3 Å². The Morgan fingerprint density at radius 3 is 1.88 bits per heavy atom. The van der Waals surface area contributed by atoms with Gasteiger partial charge in [0, 0.05) is 11.1 Å². The number of hydrogen-bond donors (Lipinski definition) is 0. The molecule has 0 spiro atoms. The number of rotatable bonds is 2. The van der Waals surface area contributed by atoms with Crippen LogP contribution >= 0.6 is 46.4 Å². The SMILES string of the molecule is N#Cc1nc(-c2ccc(Cl)c(Cl)c2)ccc1-c1ccc(Cl)c(Cl)c1. The van der Waals surface area contributed by atoms with Crippen molar-refractivity contribution in [2.45, 2.75) is 0 Å². The van der Waals surface area contributed by atoms with Crippen molar-refractivity contribution in [1.29, 1.82) is 5.26 Å². The maximum Gasteiger partial charge on any atom is 0.148 e. The first kappa shape index (κ1) is 17.1. The molecule has 1 heterocycles. The lowest BCUT2D eigenvalue weighted by atomic mass is 10.0. The lowest BCUT2D eigenvalue weighted by Gasteiger charge is -2.08. The fourth-order valence-corrected chi connectivity index (χ4v) is 2.85. The largest absolute Gasteiger partial charge is 0.236 e. The molecule has 0 aliphatic heterocycles. The first-order valence-corrected chi connectivity index (χ1v) is 8.33. The van der Waals surface area contributed by atoms with Crippen molar-refractivity contribution < 1.29 is 0 Å². The summed E-state index contributed by atoms with van der Waals surface area (Å²) in [6.07, 6.45) is 0. The van der Waals surface area contributed by atoms with Gasteiger partial charge in [-0.15, -0.1) is 0 Å². The zero-order valence-corrected chi connectivity index (χ0v) is 15.0. The second-order valence-electron chi connectivity index (χ2n) is 4.96. The number of aromatic nitrogens is 1. The molecule has 0 aliphatic carbocycles. The summed E-state index contributed by atoms with van der Waals surface area (Å²) in [4.78, 5) is 4.42. The highest BCUT2D eigenvalue weighted by molar-refractivity contribution is 6.42. The lowest BCUT2D eigenvalue weighted by molar-refractivity contribution is 1.27. The molecule has 0 atom stereocenters. The van der Waals surface area contributed by atoms with E-state index in [1.165, 1.54) is 0 Å². The van der Waals surface area contributed by atoms with Crippen LogP contribution < -0.4 is 0 Å². The Balaban J connectivity index is 2.10. The van der Waals surface area contributed by atoms with Gasteiger partial charge in [0.05, 0.1) is 25.8 Å². The van der Waals surface area contributed by atoms with Crippen LogP contribution in [0, 0.1) is 11.3 Å². The van der Waals surface area contributed by atoms with E-state index in [0.29, 0.717) is 31.3 Å². The summed E-state index contributed by atoms with van der Waals surface area (Å²) in [5.74, 6) is 0. The molecule has 0 aliphatic rings. The molecule has 0 amide bonds. The normalized spacial score (nSPS) is 10.5. The summed E-state index contributed by atoms with van der Waals surface area (Å²) in [5, 5.41) is 11.2. The molecule has 24 heavy (non-hydrogen) atoms. The minimum Gasteiger partial charge on any atom is -0.236 e. The third-order valence-electron chi connectivity index (χ3n) is 3.45. The van der Waals surface area contributed by atoms with E-state index in [4.69, 9.17) is 46.4 Å². The van der Waals surface area contributed by atoms with Crippen LogP contribution in [-0.2, 0) is 0 Å². The zero-order chi connectivity index (χ0) is 17.3. The monoisotopic (exact) mass is 392 g/mol. The number of pyridine rings is 1. The van der Waals surface area contributed by atoms with Gasteiger partial charge >= 0.3 is 0 Å². The molecule has 2 aromatic carbocycles. The van der Waals surface area contributed by atoms with Gasteiger partial charge in [0.1, 0.15) is 11.8 Å². The Hall–Kier alpha value is -1.76. The van der Waals surface area contributed by atoms with Crippen LogP contribution in [0.3, 0.4) is 0 Å². The van der Waals surface area contributed by atoms with Gasteiger partial charge in [0.2, 0.25) is 0 Å². The van der Waals surface area contributed by atoms with Crippen LogP contribution in [0.4, 0.5) is 0 Å². The van der Waals surface area contributed by atoms with Crippen LogP contribution in [0.2, 0.25) is 20.1 Å². The summed E-state index contributed by atoms with van der Waals surface area (Å²) >= 11 is 24.0. The predicted octanol–water partition coefficient (Wildman–Crippen LogP) is 6.90. The molecule has 0 radical (unpaired) electrons. The molecule has 0 N–H and O–H groups in total. The van der Waals surface area contributed by atoms with Gasteiger partial charge in [0.25, 0.3) is 0 Å². The number of benzene rings is 2. The zero-order valence-electron chi connectivity index (χ0n) is 12.0. The average Bonchev–Trinajstić information content (AvgIpc) is 2.59. The van der Waals surface area contributed by atoms with Crippen molar-refractivity contribution in [2.24, 2.45) is 0 Å². The molecule has 0 saturated carbocycles. The highest BCUT2D eigenvalue weighted by atomic mass is 35.5. The molecule has 2 nitrogen and oxygen atoms in total. The Kier molecular flexibility index (Phi) is 4.99. The Bertz CT molecular complexity index is 977. The third kappa shape index (κ3) is 3.36. The van der Waals surface area contributed by atoms with Crippen molar-refractivity contribution in [1.82, 2.24) is 4.98 Å². The van der Waals surface area contributed by atoms with Gasteiger partial charge in [-0.1, -0.05) is 58.5 Å². The second-order valence-corrected chi connectivity index (χ2v) is 6.59. The van der Waals surface area contributed by atoms with Crippen LogP contribution in [0.25, 0.3) is 22.4 Å². The first-order chi connectivity index (χ1) is 11.5. The minimum atomic E-state index is 0.289. The Morgan fingerprint density at radius 1 is 0.708 bits per heavy atom. The molecule has 0 bridgehead atoms. The van der Waals surface area contributed by atoms with Crippen LogP contribution in [0.5, 0.6) is 0 Å². The van der Waals surface area contributed by atoms with E-state index in [-0.39, 0.29) is 5.69 Å². The van der Waals surface area contributed by atoms with Crippen molar-refractivity contribution in [3.8, 4) is 28.5 Å². The topological polar surface area (TPSA) is 36.7 Å². The molecule has 1 aromatic heterocycles. The molecule has 0 saturated heterocycles. The maximum atomic E-state index is 9.45. The number of nitriles is 1. The van der Waals surface area contributed by atoms with E-state index in [0.717, 1.165) is 11.1 Å². The lowest BCUT2D eigenvalue weighted by Crippen LogP contribution is -1.92. The van der Waals surface area contributed by atoms with Gasteiger partial charge in [-0.05, 0) is 42.0 Å². The summed E-state index contributed by atoms with van der Waals surface area (Å²) < 4.78 is 0. The molecular weight excluding hydrogens is 386 g/mol. The smallest absolute Gasteiger partial charge is 0.148 e. The fraction of sp³-hybridized carbons (Fsp3) is 0. The second kappa shape index (κ2) is 7.01. The summed E-state index contributed by atoms with van der Waals surface area (Å²) in [6, 6.07) is 16.2. The van der Waals surface area contributed by atoms with Gasteiger partial charge < -0.3 is 0 Å². The number of nitrogens with zero attached hydrogens (tertiary/aromatic N) is 2. The predicted molar refractivity (Wildman–Crippen MR) is 99.9 cm³/mol. The van der Waals surface area contributed by atoms with Crippen LogP contribution in [0.1, 0.15) is 5.69 Å². The van der Waals surface area contributed by atoms with E-state index in [2.05, 4.69) is 11.1 Å². The average molecular weight is 394 g/mol. The molecule has 3 aromatic rings. The van der Waals surface area contributed by atoms with Crippen molar-refractivity contribution >= 4 is 46.4 Å². The molecule has 118 valence electrons. The highest BCUT2D eigenvalue weighted by Crippen LogP contribution is 2.32. The Labute approximate surface area is 159 Å². The van der Waals surface area contributed by atoms with Gasteiger partial charge in [-0.25, -0.2) is 4.98 Å². The molecule has 3 rings (SSSR count). The van der Waals surface area contributed by atoms with E-state index in [1.807, 2.05) is 12.1 Å². The Morgan fingerprint density at radius 2 is 1.29 bits per heavy atom. The first-order valence-electron chi connectivity index (χ1n) is 6.81. The van der Waals surface area contributed by atoms with E-state index in [1.54, 1.807) is 36.4 Å². The molecular formula is C18H8Cl4N2. The standard InChI is InChI=1S/C18H8Cl4N2/c19-13-4-1-10(7-15(13)21)12-3-6-17(24-18(12)9-23)11-2-5-14(20)16(22)8-11/h1-8H. The summed E-state index contributed by atoms with van der Waals surface area (Å²) in [7, 11) is 0. The van der Waals surface area contributed by atoms with Crippen LogP contribution in [-0.4, -0.2) is 4.98 Å². The highest BCUT2D eigenvalue weighted by Gasteiger charge is 2.11. The fourth-order valence-electron chi connectivity index (χ4n) is 2.26. The van der Waals surface area contributed by atoms with Crippen molar-refractivity contribution in [3.63, 3.8) is 0 Å². The van der Waals surface area contributed by atoms with Crippen molar-refractivity contribution in [2.75, 3.05) is 0 Å². The van der Waals surface area contributed by atoms with Gasteiger partial charge in [0.15, 0.2) is 0 Å². The number of hydrogen-bond acceptors (Lipinski definition) is 2. The molecule has 6 heteroatoms.